The highest BCUT2D eigenvalue weighted by molar-refractivity contribution is 6.00. The Morgan fingerprint density at radius 3 is 2.29 bits per heavy atom. The largest absolute Gasteiger partial charge is 0.394 e. The van der Waals surface area contributed by atoms with E-state index in [0.717, 1.165) is 23.1 Å². The summed E-state index contributed by atoms with van der Waals surface area (Å²) < 4.78 is 0. The van der Waals surface area contributed by atoms with Crippen LogP contribution in [0.15, 0.2) is 42.5 Å². The molecule has 2 aromatic rings. The molecule has 2 atom stereocenters. The van der Waals surface area contributed by atoms with Gasteiger partial charge in [0.15, 0.2) is 0 Å². The van der Waals surface area contributed by atoms with Crippen molar-refractivity contribution in [3.63, 3.8) is 0 Å². The van der Waals surface area contributed by atoms with E-state index in [1.807, 2.05) is 57.2 Å². The minimum Gasteiger partial charge on any atom is -0.394 e. The molecule has 0 radical (unpaired) electrons. The van der Waals surface area contributed by atoms with Crippen molar-refractivity contribution in [2.75, 3.05) is 18.6 Å². The Hall–Kier alpha value is -2.66. The summed E-state index contributed by atoms with van der Waals surface area (Å²) in [6.45, 7) is 7.51. The molecule has 5 heteroatoms. The van der Waals surface area contributed by atoms with Crippen molar-refractivity contribution in [2.45, 2.75) is 40.2 Å². The molecule has 2 aromatic carbocycles. The number of aryl methyl sites for hydroxylation is 1. The van der Waals surface area contributed by atoms with Gasteiger partial charge in [-0.2, -0.15) is 0 Å². The fraction of sp³-hybridized carbons (Fsp3) is 0.391. The molecule has 0 aliphatic heterocycles. The predicted octanol–water partition coefficient (Wildman–Crippen LogP) is 3.78. The van der Waals surface area contributed by atoms with Gasteiger partial charge in [0, 0.05) is 30.3 Å². The molecular weight excluding hydrogens is 352 g/mol. The molecule has 2 rings (SSSR count). The van der Waals surface area contributed by atoms with Crippen LogP contribution in [0, 0.1) is 12.8 Å². The minimum atomic E-state index is -0.349. The third-order valence-electron chi connectivity index (χ3n) is 4.97. The van der Waals surface area contributed by atoms with Gasteiger partial charge in [-0.25, -0.2) is 0 Å². The first kappa shape index (κ1) is 21.6. The second-order valence-corrected chi connectivity index (χ2v) is 7.40. The minimum absolute atomic E-state index is 0.0126. The summed E-state index contributed by atoms with van der Waals surface area (Å²) in [5.74, 6) is -0.362. The number of hydrogen-bond acceptors (Lipinski definition) is 3. The van der Waals surface area contributed by atoms with E-state index in [9.17, 15) is 14.7 Å². The lowest BCUT2D eigenvalue weighted by molar-refractivity contribution is -0.121. The number of carbonyl (C=O) groups excluding carboxylic acids is 2. The number of aliphatic hydroxyl groups excluding tert-OH is 1. The number of aliphatic hydroxyl groups is 1. The molecule has 0 aromatic heterocycles. The maximum absolute atomic E-state index is 12.7. The van der Waals surface area contributed by atoms with Crippen LogP contribution in [0.4, 0.5) is 5.69 Å². The average Bonchev–Trinajstić information content (AvgIpc) is 2.71. The molecule has 0 fully saturated rings. The van der Waals surface area contributed by atoms with Crippen LogP contribution in [-0.4, -0.2) is 36.6 Å². The van der Waals surface area contributed by atoms with Crippen LogP contribution in [-0.2, 0) is 4.79 Å². The zero-order chi connectivity index (χ0) is 20.8. The molecule has 0 aliphatic carbocycles. The number of benzene rings is 2. The lowest BCUT2D eigenvalue weighted by Gasteiger charge is -2.23. The number of amides is 2. The van der Waals surface area contributed by atoms with Crippen molar-refractivity contribution >= 4 is 17.5 Å². The molecule has 1 unspecified atom stereocenters. The van der Waals surface area contributed by atoms with Gasteiger partial charge < -0.3 is 15.3 Å². The molecule has 0 heterocycles. The van der Waals surface area contributed by atoms with Gasteiger partial charge in [0.25, 0.3) is 5.91 Å². The molecule has 150 valence electrons. The molecular formula is C23H30N2O3. The summed E-state index contributed by atoms with van der Waals surface area (Å²) >= 11 is 0. The number of anilines is 1. The zero-order valence-corrected chi connectivity index (χ0v) is 17.3. The van der Waals surface area contributed by atoms with Crippen molar-refractivity contribution in [2.24, 2.45) is 5.92 Å². The molecule has 2 amide bonds. The van der Waals surface area contributed by atoms with Crippen LogP contribution in [0.2, 0.25) is 0 Å². The first-order chi connectivity index (χ1) is 13.3. The summed E-state index contributed by atoms with van der Waals surface area (Å²) in [5, 5.41) is 12.0. The van der Waals surface area contributed by atoms with Crippen LogP contribution >= 0.6 is 0 Å². The molecule has 0 saturated carbocycles. The lowest BCUT2D eigenvalue weighted by atomic mass is 9.99. The Morgan fingerprint density at radius 2 is 1.71 bits per heavy atom. The lowest BCUT2D eigenvalue weighted by Crippen LogP contribution is -2.35. The van der Waals surface area contributed by atoms with Crippen molar-refractivity contribution in [1.29, 1.82) is 0 Å². The summed E-state index contributed by atoms with van der Waals surface area (Å²) in [7, 11) is 1.74. The van der Waals surface area contributed by atoms with E-state index in [0.29, 0.717) is 11.3 Å². The molecule has 5 nitrogen and oxygen atoms in total. The average molecular weight is 383 g/mol. The number of rotatable bonds is 7. The Morgan fingerprint density at radius 1 is 1.07 bits per heavy atom. The van der Waals surface area contributed by atoms with Gasteiger partial charge in [0.05, 0.1) is 6.61 Å². The van der Waals surface area contributed by atoms with Crippen molar-refractivity contribution in [3.8, 4) is 11.1 Å². The van der Waals surface area contributed by atoms with Crippen LogP contribution in [0.3, 0.4) is 0 Å². The Bertz CT molecular complexity index is 830. The molecule has 0 spiro atoms. The van der Waals surface area contributed by atoms with E-state index in [1.54, 1.807) is 24.9 Å². The summed E-state index contributed by atoms with van der Waals surface area (Å²) in [6.07, 6.45) is 0.752. The zero-order valence-electron chi connectivity index (χ0n) is 17.3. The van der Waals surface area contributed by atoms with Gasteiger partial charge in [-0.05, 0) is 49.6 Å². The van der Waals surface area contributed by atoms with Gasteiger partial charge in [-0.3, -0.25) is 9.59 Å². The molecule has 28 heavy (non-hydrogen) atoms. The smallest absolute Gasteiger partial charge is 0.251 e. The van der Waals surface area contributed by atoms with Crippen LogP contribution in [0.25, 0.3) is 11.1 Å². The first-order valence-corrected chi connectivity index (χ1v) is 9.68. The van der Waals surface area contributed by atoms with E-state index >= 15 is 0 Å². The molecule has 0 aliphatic rings. The maximum atomic E-state index is 12.7. The number of nitrogens with one attached hydrogen (secondary N) is 1. The van der Waals surface area contributed by atoms with E-state index in [1.165, 1.54) is 0 Å². The van der Waals surface area contributed by atoms with Crippen molar-refractivity contribution in [3.05, 3.63) is 53.6 Å². The topological polar surface area (TPSA) is 69.6 Å². The third kappa shape index (κ3) is 5.20. The standard InChI is InChI=1S/C23H30N2O3/c1-6-16(3)23(28)25(5)21-12-19(18-9-7-15(2)8-10-18)11-20(13-21)22(27)24-17(4)14-26/h7-13,16-17,26H,6,14H2,1-5H3,(H,24,27)/t16?,17-/m0/s1. The van der Waals surface area contributed by atoms with Crippen LogP contribution < -0.4 is 10.2 Å². The Kier molecular flexibility index (Phi) is 7.35. The number of carbonyl (C=O) groups is 2. The Balaban J connectivity index is 2.50. The van der Waals surface area contributed by atoms with Crippen LogP contribution in [0.1, 0.15) is 43.1 Å². The summed E-state index contributed by atoms with van der Waals surface area (Å²) in [6, 6.07) is 13.2. The van der Waals surface area contributed by atoms with Gasteiger partial charge in [0.1, 0.15) is 0 Å². The fourth-order valence-corrected chi connectivity index (χ4v) is 2.83. The quantitative estimate of drug-likeness (QED) is 0.766. The van der Waals surface area contributed by atoms with Crippen LogP contribution in [0.5, 0.6) is 0 Å². The highest BCUT2D eigenvalue weighted by Gasteiger charge is 2.20. The highest BCUT2D eigenvalue weighted by atomic mass is 16.3. The van der Waals surface area contributed by atoms with Gasteiger partial charge in [-0.1, -0.05) is 43.7 Å². The summed E-state index contributed by atoms with van der Waals surface area (Å²) in [5.41, 5.74) is 4.12. The fourth-order valence-electron chi connectivity index (χ4n) is 2.83. The molecule has 0 bridgehead atoms. The van der Waals surface area contributed by atoms with Crippen molar-refractivity contribution in [1.82, 2.24) is 5.32 Å². The SMILES string of the molecule is CCC(C)C(=O)N(C)c1cc(C(=O)N[C@@H](C)CO)cc(-c2ccc(C)cc2)c1. The highest BCUT2D eigenvalue weighted by Crippen LogP contribution is 2.28. The normalized spacial score (nSPS) is 12.9. The molecule has 2 N–H and O–H groups in total. The summed E-state index contributed by atoms with van der Waals surface area (Å²) in [4.78, 5) is 26.9. The van der Waals surface area contributed by atoms with E-state index in [2.05, 4.69) is 5.32 Å². The second-order valence-electron chi connectivity index (χ2n) is 7.40. The Labute approximate surface area is 167 Å². The van der Waals surface area contributed by atoms with Crippen molar-refractivity contribution < 1.29 is 14.7 Å². The number of hydrogen-bond donors (Lipinski definition) is 2. The molecule has 0 saturated heterocycles. The van der Waals surface area contributed by atoms with Gasteiger partial charge >= 0.3 is 0 Å². The predicted molar refractivity (Wildman–Crippen MR) is 113 cm³/mol. The van der Waals surface area contributed by atoms with Gasteiger partial charge in [0.2, 0.25) is 5.91 Å². The first-order valence-electron chi connectivity index (χ1n) is 9.68. The van der Waals surface area contributed by atoms with E-state index in [4.69, 9.17) is 0 Å². The maximum Gasteiger partial charge on any atom is 0.251 e. The second kappa shape index (κ2) is 9.51. The third-order valence-corrected chi connectivity index (χ3v) is 4.97. The van der Waals surface area contributed by atoms with Gasteiger partial charge in [-0.15, -0.1) is 0 Å². The van der Waals surface area contributed by atoms with E-state index in [-0.39, 0.29) is 30.4 Å². The number of nitrogens with zero attached hydrogens (tertiary/aromatic N) is 1. The van der Waals surface area contributed by atoms with E-state index < -0.39 is 0 Å². The monoisotopic (exact) mass is 382 g/mol.